The molecule has 1 rings (SSSR count). The molecule has 0 heterocycles. The van der Waals surface area contributed by atoms with Gasteiger partial charge in [-0.3, -0.25) is 0 Å². The van der Waals surface area contributed by atoms with E-state index in [-0.39, 0.29) is 18.7 Å². The Morgan fingerprint density at radius 2 is 1.95 bits per heavy atom. The van der Waals surface area contributed by atoms with Crippen LogP contribution >= 0.6 is 0 Å². The van der Waals surface area contributed by atoms with E-state index in [1.807, 2.05) is 52.0 Å². The predicted octanol–water partition coefficient (Wildman–Crippen LogP) is 3.00. The summed E-state index contributed by atoms with van der Waals surface area (Å²) in [6.07, 6.45) is 1.30. The first-order chi connectivity index (χ1) is 10.4. The molecule has 1 aromatic rings. The van der Waals surface area contributed by atoms with Gasteiger partial charge in [0.05, 0.1) is 12.6 Å². The lowest BCUT2D eigenvalue weighted by atomic mass is 9.95. The van der Waals surface area contributed by atoms with Crippen molar-refractivity contribution in [3.8, 4) is 5.75 Å². The van der Waals surface area contributed by atoms with E-state index in [0.29, 0.717) is 13.0 Å². The van der Waals surface area contributed by atoms with Crippen molar-refractivity contribution < 1.29 is 14.6 Å². The zero-order valence-electron chi connectivity index (χ0n) is 14.0. The third kappa shape index (κ3) is 5.56. The lowest BCUT2D eigenvalue weighted by Crippen LogP contribution is -2.50. The maximum Gasteiger partial charge on any atom is 0.315 e. The van der Waals surface area contributed by atoms with Crippen molar-refractivity contribution in [2.75, 3.05) is 13.2 Å². The molecule has 22 heavy (non-hydrogen) atoms. The van der Waals surface area contributed by atoms with E-state index < -0.39 is 5.54 Å². The van der Waals surface area contributed by atoms with E-state index >= 15 is 0 Å². The second-order valence-corrected chi connectivity index (χ2v) is 5.71. The van der Waals surface area contributed by atoms with Crippen LogP contribution in [0.3, 0.4) is 0 Å². The molecule has 2 atom stereocenters. The van der Waals surface area contributed by atoms with E-state index in [9.17, 15) is 4.79 Å². The summed E-state index contributed by atoms with van der Waals surface area (Å²) in [5.74, 6) is 0.824. The van der Waals surface area contributed by atoms with Crippen LogP contribution in [0.15, 0.2) is 24.3 Å². The number of amides is 2. The van der Waals surface area contributed by atoms with Gasteiger partial charge in [-0.25, -0.2) is 4.79 Å². The molecule has 0 bridgehead atoms. The number of ether oxygens (including phenoxy) is 1. The molecule has 2 amide bonds. The highest BCUT2D eigenvalue weighted by Crippen LogP contribution is 2.18. The van der Waals surface area contributed by atoms with Crippen molar-refractivity contribution in [3.05, 3.63) is 29.8 Å². The zero-order chi connectivity index (χ0) is 16.6. The van der Waals surface area contributed by atoms with Gasteiger partial charge in [-0.15, -0.1) is 0 Å². The normalized spacial score (nSPS) is 14.8. The zero-order valence-corrected chi connectivity index (χ0v) is 14.0. The largest absolute Gasteiger partial charge is 0.494 e. The molecular weight excluding hydrogens is 280 g/mol. The first-order valence-corrected chi connectivity index (χ1v) is 7.86. The van der Waals surface area contributed by atoms with Gasteiger partial charge in [0.15, 0.2) is 0 Å². The molecule has 1 aromatic carbocycles. The average molecular weight is 308 g/mol. The molecule has 0 saturated carbocycles. The van der Waals surface area contributed by atoms with Crippen LogP contribution in [0.4, 0.5) is 4.79 Å². The number of aliphatic hydroxyl groups excluding tert-OH is 1. The highest BCUT2D eigenvalue weighted by Gasteiger charge is 2.24. The third-order valence-corrected chi connectivity index (χ3v) is 3.90. The minimum absolute atomic E-state index is 0.0546. The van der Waals surface area contributed by atoms with Gasteiger partial charge in [0.1, 0.15) is 5.75 Å². The molecule has 0 spiro atoms. The van der Waals surface area contributed by atoms with Crippen LogP contribution in [0.2, 0.25) is 0 Å². The molecule has 5 nitrogen and oxygen atoms in total. The number of hydrogen-bond donors (Lipinski definition) is 3. The standard InChI is InChI=1S/C17H28N2O3/c1-5-17(4,11-12-20)19-16(21)18-13(3)14-7-9-15(10-8-14)22-6-2/h7-10,13,20H,5-6,11-12H2,1-4H3,(H2,18,19,21). The Labute approximate surface area is 133 Å². The monoisotopic (exact) mass is 308 g/mol. The van der Waals surface area contributed by atoms with Crippen LogP contribution in [0.1, 0.15) is 52.1 Å². The van der Waals surface area contributed by atoms with Crippen molar-refractivity contribution >= 4 is 6.03 Å². The van der Waals surface area contributed by atoms with Gasteiger partial charge in [0.2, 0.25) is 0 Å². The Balaban J connectivity index is 2.59. The summed E-state index contributed by atoms with van der Waals surface area (Å²) in [7, 11) is 0. The van der Waals surface area contributed by atoms with Crippen molar-refractivity contribution in [1.29, 1.82) is 0 Å². The van der Waals surface area contributed by atoms with Gasteiger partial charge >= 0.3 is 6.03 Å². The van der Waals surface area contributed by atoms with E-state index in [1.165, 1.54) is 0 Å². The Kier molecular flexibility index (Phi) is 7.18. The third-order valence-electron chi connectivity index (χ3n) is 3.90. The Morgan fingerprint density at radius 3 is 2.45 bits per heavy atom. The quantitative estimate of drug-likeness (QED) is 0.691. The summed E-state index contributed by atoms with van der Waals surface area (Å²) >= 11 is 0. The molecule has 2 unspecified atom stereocenters. The van der Waals surface area contributed by atoms with Crippen LogP contribution in [0.25, 0.3) is 0 Å². The van der Waals surface area contributed by atoms with Gasteiger partial charge in [0.25, 0.3) is 0 Å². The molecule has 5 heteroatoms. The molecule has 3 N–H and O–H groups in total. The molecule has 0 radical (unpaired) electrons. The fourth-order valence-corrected chi connectivity index (χ4v) is 2.18. The summed E-state index contributed by atoms with van der Waals surface area (Å²) in [6, 6.07) is 7.36. The lowest BCUT2D eigenvalue weighted by molar-refractivity contribution is 0.199. The minimum Gasteiger partial charge on any atom is -0.494 e. The maximum atomic E-state index is 12.1. The fourth-order valence-electron chi connectivity index (χ4n) is 2.18. The molecule has 0 aliphatic rings. The minimum atomic E-state index is -0.391. The average Bonchev–Trinajstić information content (AvgIpc) is 2.48. The number of benzene rings is 1. The van der Waals surface area contributed by atoms with Crippen LogP contribution in [0.5, 0.6) is 5.75 Å². The number of nitrogens with one attached hydrogen (secondary N) is 2. The van der Waals surface area contributed by atoms with Crippen LogP contribution in [-0.4, -0.2) is 29.9 Å². The maximum absolute atomic E-state index is 12.1. The Morgan fingerprint density at radius 1 is 1.32 bits per heavy atom. The highest BCUT2D eigenvalue weighted by atomic mass is 16.5. The van der Waals surface area contributed by atoms with Crippen LogP contribution in [0, 0.1) is 0 Å². The summed E-state index contributed by atoms with van der Waals surface area (Å²) in [5.41, 5.74) is 0.621. The van der Waals surface area contributed by atoms with Crippen molar-refractivity contribution in [1.82, 2.24) is 10.6 Å². The second kappa shape index (κ2) is 8.63. The first kappa shape index (κ1) is 18.3. The van der Waals surface area contributed by atoms with Gasteiger partial charge in [-0.1, -0.05) is 19.1 Å². The lowest BCUT2D eigenvalue weighted by Gasteiger charge is -2.30. The Hall–Kier alpha value is -1.75. The van der Waals surface area contributed by atoms with Gasteiger partial charge in [0, 0.05) is 12.1 Å². The smallest absolute Gasteiger partial charge is 0.315 e. The summed E-state index contributed by atoms with van der Waals surface area (Å²) in [6.45, 7) is 8.50. The molecular formula is C17H28N2O3. The number of carbonyl (C=O) groups is 1. The van der Waals surface area contributed by atoms with E-state index in [4.69, 9.17) is 9.84 Å². The highest BCUT2D eigenvalue weighted by molar-refractivity contribution is 5.75. The first-order valence-electron chi connectivity index (χ1n) is 7.86. The van der Waals surface area contributed by atoms with Crippen molar-refractivity contribution in [3.63, 3.8) is 0 Å². The molecule has 0 fully saturated rings. The number of hydrogen-bond acceptors (Lipinski definition) is 3. The number of carbonyl (C=O) groups excluding carboxylic acids is 1. The summed E-state index contributed by atoms with van der Waals surface area (Å²) in [5, 5.41) is 15.0. The molecule has 0 aliphatic carbocycles. The molecule has 0 saturated heterocycles. The van der Waals surface area contributed by atoms with E-state index in [0.717, 1.165) is 17.7 Å². The number of rotatable bonds is 8. The Bertz CT molecular complexity index is 461. The second-order valence-electron chi connectivity index (χ2n) is 5.71. The van der Waals surface area contributed by atoms with E-state index in [1.54, 1.807) is 0 Å². The summed E-state index contributed by atoms with van der Waals surface area (Å²) in [4.78, 5) is 12.1. The fraction of sp³-hybridized carbons (Fsp3) is 0.588. The van der Waals surface area contributed by atoms with Gasteiger partial charge in [-0.05, 0) is 51.3 Å². The molecule has 124 valence electrons. The number of urea groups is 1. The molecule has 0 aliphatic heterocycles. The van der Waals surface area contributed by atoms with Crippen molar-refractivity contribution in [2.45, 2.75) is 52.1 Å². The van der Waals surface area contributed by atoms with E-state index in [2.05, 4.69) is 10.6 Å². The number of aliphatic hydroxyl groups is 1. The topological polar surface area (TPSA) is 70.6 Å². The predicted molar refractivity (Wildman–Crippen MR) is 88.1 cm³/mol. The van der Waals surface area contributed by atoms with Gasteiger partial charge in [-0.2, -0.15) is 0 Å². The van der Waals surface area contributed by atoms with Crippen molar-refractivity contribution in [2.24, 2.45) is 0 Å². The van der Waals surface area contributed by atoms with Crippen LogP contribution < -0.4 is 15.4 Å². The molecule has 0 aromatic heterocycles. The summed E-state index contributed by atoms with van der Waals surface area (Å²) < 4.78 is 5.41. The van der Waals surface area contributed by atoms with Gasteiger partial charge < -0.3 is 20.5 Å². The van der Waals surface area contributed by atoms with Crippen LogP contribution in [-0.2, 0) is 0 Å². The SMILES string of the molecule is CCOc1ccc(C(C)NC(=O)NC(C)(CC)CCO)cc1.